The van der Waals surface area contributed by atoms with E-state index < -0.39 is 0 Å². The van der Waals surface area contributed by atoms with Gasteiger partial charge in [0.2, 0.25) is 5.91 Å². The number of aryl methyl sites for hydroxylation is 3. The molecule has 0 radical (unpaired) electrons. The fourth-order valence-corrected chi connectivity index (χ4v) is 4.03. The van der Waals surface area contributed by atoms with Gasteiger partial charge in [-0.3, -0.25) is 9.48 Å². The minimum absolute atomic E-state index is 0. The van der Waals surface area contributed by atoms with Crippen LogP contribution in [-0.4, -0.2) is 34.3 Å². The molecule has 0 saturated carbocycles. The number of hydrogen-bond donors (Lipinski definition) is 2. The second-order valence-electron chi connectivity index (χ2n) is 7.03. The summed E-state index contributed by atoms with van der Waals surface area (Å²) >= 11 is 0. The van der Waals surface area contributed by atoms with Gasteiger partial charge >= 0.3 is 0 Å². The molecule has 5 nitrogen and oxygen atoms in total. The molecule has 2 bridgehead atoms. The van der Waals surface area contributed by atoms with Crippen LogP contribution in [0.2, 0.25) is 0 Å². The van der Waals surface area contributed by atoms with Gasteiger partial charge in [0.15, 0.2) is 0 Å². The van der Waals surface area contributed by atoms with Gasteiger partial charge in [-0.25, -0.2) is 0 Å². The summed E-state index contributed by atoms with van der Waals surface area (Å²) < 4.78 is 2.02. The Morgan fingerprint density at radius 3 is 2.65 bits per heavy atom. The molecule has 3 rings (SSSR count). The number of piperidine rings is 1. The van der Waals surface area contributed by atoms with E-state index in [0.29, 0.717) is 24.4 Å². The Bertz CT molecular complexity index is 519. The van der Waals surface area contributed by atoms with Crippen molar-refractivity contribution in [3.8, 4) is 0 Å². The van der Waals surface area contributed by atoms with Crippen LogP contribution < -0.4 is 10.6 Å². The standard InChI is InChI=1S/C17H28N4O.ClH/c1-12-8-13(2)21(20-12)7-3-6-18-17(22)11-14-9-15-4-5-16(10-14)19-15;/h8,14-16,19H,3-7,9-11H2,1-2H3,(H,18,22);1H. The molecule has 0 aromatic carbocycles. The van der Waals surface area contributed by atoms with Gasteiger partial charge < -0.3 is 10.6 Å². The molecule has 23 heavy (non-hydrogen) atoms. The Labute approximate surface area is 145 Å². The summed E-state index contributed by atoms with van der Waals surface area (Å²) in [4.78, 5) is 12.1. The van der Waals surface area contributed by atoms with Crippen LogP contribution in [-0.2, 0) is 11.3 Å². The maximum Gasteiger partial charge on any atom is 0.220 e. The molecule has 2 unspecified atom stereocenters. The molecule has 0 spiro atoms. The molecule has 6 heteroatoms. The molecule has 1 aromatic rings. The van der Waals surface area contributed by atoms with Gasteiger partial charge in [0.05, 0.1) is 5.69 Å². The average Bonchev–Trinajstić information content (AvgIpc) is 2.97. The van der Waals surface area contributed by atoms with E-state index in [-0.39, 0.29) is 18.3 Å². The van der Waals surface area contributed by atoms with Crippen LogP contribution in [0.3, 0.4) is 0 Å². The molecule has 2 N–H and O–H groups in total. The van der Waals surface area contributed by atoms with Crippen molar-refractivity contribution in [2.45, 2.75) is 71.0 Å². The number of aromatic nitrogens is 2. The van der Waals surface area contributed by atoms with E-state index in [9.17, 15) is 4.79 Å². The van der Waals surface area contributed by atoms with Gasteiger partial charge in [-0.1, -0.05) is 0 Å². The Balaban J connectivity index is 0.00000192. The zero-order chi connectivity index (χ0) is 15.5. The van der Waals surface area contributed by atoms with Crippen molar-refractivity contribution in [1.82, 2.24) is 20.4 Å². The van der Waals surface area contributed by atoms with E-state index in [1.807, 2.05) is 11.6 Å². The molecular formula is C17H29ClN4O. The molecule has 2 aliphatic heterocycles. The number of rotatable bonds is 6. The van der Waals surface area contributed by atoms with E-state index in [4.69, 9.17) is 0 Å². The average molecular weight is 341 g/mol. The van der Waals surface area contributed by atoms with Crippen LogP contribution in [0.25, 0.3) is 0 Å². The SMILES string of the molecule is Cc1cc(C)n(CCCNC(=O)CC2CC3CCC(C2)N3)n1.Cl. The van der Waals surface area contributed by atoms with E-state index in [2.05, 4.69) is 28.7 Å². The minimum atomic E-state index is 0. The van der Waals surface area contributed by atoms with Crippen molar-refractivity contribution in [2.24, 2.45) is 5.92 Å². The van der Waals surface area contributed by atoms with E-state index in [1.165, 1.54) is 31.4 Å². The molecular weight excluding hydrogens is 312 g/mol. The molecule has 3 heterocycles. The fourth-order valence-electron chi connectivity index (χ4n) is 4.03. The number of hydrogen-bond acceptors (Lipinski definition) is 3. The first kappa shape index (κ1) is 18.3. The van der Waals surface area contributed by atoms with E-state index in [1.54, 1.807) is 0 Å². The van der Waals surface area contributed by atoms with Gasteiger partial charge in [0.25, 0.3) is 0 Å². The number of carbonyl (C=O) groups excluding carboxylic acids is 1. The highest BCUT2D eigenvalue weighted by Gasteiger charge is 2.33. The largest absolute Gasteiger partial charge is 0.356 e. The summed E-state index contributed by atoms with van der Waals surface area (Å²) in [5.74, 6) is 0.800. The lowest BCUT2D eigenvalue weighted by atomic mass is 9.89. The monoisotopic (exact) mass is 340 g/mol. The third-order valence-corrected chi connectivity index (χ3v) is 5.02. The number of halogens is 1. The Hall–Kier alpha value is -1.07. The van der Waals surface area contributed by atoms with Crippen molar-refractivity contribution in [2.75, 3.05) is 6.54 Å². The van der Waals surface area contributed by atoms with Gasteiger partial charge in [0.1, 0.15) is 0 Å². The second-order valence-corrected chi connectivity index (χ2v) is 7.03. The van der Waals surface area contributed by atoms with Crippen molar-refractivity contribution >= 4 is 18.3 Å². The van der Waals surface area contributed by atoms with Crippen molar-refractivity contribution in [1.29, 1.82) is 0 Å². The predicted octanol–water partition coefficient (Wildman–Crippen LogP) is 2.35. The normalized spacial score (nSPS) is 25.9. The number of carbonyl (C=O) groups is 1. The number of nitrogens with one attached hydrogen (secondary N) is 2. The summed E-state index contributed by atoms with van der Waals surface area (Å²) in [6.07, 6.45) is 6.59. The number of nitrogens with zero attached hydrogens (tertiary/aromatic N) is 2. The van der Waals surface area contributed by atoms with Gasteiger partial charge in [-0.2, -0.15) is 5.10 Å². The van der Waals surface area contributed by atoms with Crippen molar-refractivity contribution in [3.63, 3.8) is 0 Å². The topological polar surface area (TPSA) is 59.0 Å². The van der Waals surface area contributed by atoms with Crippen LogP contribution in [0.5, 0.6) is 0 Å². The molecule has 0 aliphatic carbocycles. The maximum atomic E-state index is 12.1. The zero-order valence-corrected chi connectivity index (χ0v) is 15.0. The lowest BCUT2D eigenvalue weighted by Crippen LogP contribution is -2.39. The molecule has 2 fully saturated rings. The number of amides is 1. The van der Waals surface area contributed by atoms with E-state index >= 15 is 0 Å². The molecule has 2 aliphatic rings. The third-order valence-electron chi connectivity index (χ3n) is 5.02. The zero-order valence-electron chi connectivity index (χ0n) is 14.2. The molecule has 1 amide bonds. The van der Waals surface area contributed by atoms with Gasteiger partial charge in [-0.15, -0.1) is 12.4 Å². The highest BCUT2D eigenvalue weighted by atomic mass is 35.5. The minimum Gasteiger partial charge on any atom is -0.356 e. The first-order valence-electron chi connectivity index (χ1n) is 8.64. The first-order valence-corrected chi connectivity index (χ1v) is 8.64. The second kappa shape index (κ2) is 8.15. The van der Waals surface area contributed by atoms with Crippen molar-refractivity contribution < 1.29 is 4.79 Å². The lowest BCUT2D eigenvalue weighted by molar-refractivity contribution is -0.122. The number of fused-ring (bicyclic) bond motifs is 2. The first-order chi connectivity index (χ1) is 10.6. The van der Waals surface area contributed by atoms with Gasteiger partial charge in [0, 0.05) is 37.3 Å². The summed E-state index contributed by atoms with van der Waals surface area (Å²) in [5, 5.41) is 11.1. The van der Waals surface area contributed by atoms with E-state index in [0.717, 1.165) is 25.2 Å². The molecule has 2 saturated heterocycles. The van der Waals surface area contributed by atoms with Crippen LogP contribution in [0.1, 0.15) is 49.9 Å². The molecule has 1 aromatic heterocycles. The molecule has 130 valence electrons. The van der Waals surface area contributed by atoms with Crippen LogP contribution in [0.4, 0.5) is 0 Å². The van der Waals surface area contributed by atoms with Crippen LogP contribution >= 0.6 is 12.4 Å². The smallest absolute Gasteiger partial charge is 0.220 e. The van der Waals surface area contributed by atoms with Crippen molar-refractivity contribution in [3.05, 3.63) is 17.5 Å². The molecule has 2 atom stereocenters. The Kier molecular flexibility index (Phi) is 6.48. The summed E-state index contributed by atoms with van der Waals surface area (Å²) in [7, 11) is 0. The fraction of sp³-hybridized carbons (Fsp3) is 0.765. The highest BCUT2D eigenvalue weighted by molar-refractivity contribution is 5.85. The predicted molar refractivity (Wildman–Crippen MR) is 93.9 cm³/mol. The quantitative estimate of drug-likeness (QED) is 0.781. The lowest BCUT2D eigenvalue weighted by Gasteiger charge is -2.28. The van der Waals surface area contributed by atoms with Gasteiger partial charge in [-0.05, 0) is 57.9 Å². The third kappa shape index (κ3) is 4.95. The maximum absolute atomic E-state index is 12.1. The Morgan fingerprint density at radius 1 is 1.35 bits per heavy atom. The van der Waals surface area contributed by atoms with Crippen LogP contribution in [0.15, 0.2) is 6.07 Å². The summed E-state index contributed by atoms with van der Waals surface area (Å²) in [6.45, 7) is 5.70. The highest BCUT2D eigenvalue weighted by Crippen LogP contribution is 2.32. The Morgan fingerprint density at radius 2 is 2.04 bits per heavy atom. The summed E-state index contributed by atoms with van der Waals surface area (Å²) in [6, 6.07) is 3.43. The summed E-state index contributed by atoms with van der Waals surface area (Å²) in [5.41, 5.74) is 2.25. The van der Waals surface area contributed by atoms with Crippen LogP contribution in [0, 0.1) is 19.8 Å².